The predicted octanol–water partition coefficient (Wildman–Crippen LogP) is 1.63. The molecule has 7 nitrogen and oxygen atoms in total. The fourth-order valence-electron chi connectivity index (χ4n) is 2.30. The van der Waals surface area contributed by atoms with E-state index in [4.69, 9.17) is 0 Å². The molecule has 9 heteroatoms. The molecule has 0 aromatic carbocycles. The second-order valence-corrected chi connectivity index (χ2v) is 6.83. The second-order valence-electron chi connectivity index (χ2n) is 6.19. The van der Waals surface area contributed by atoms with Crippen LogP contribution in [0, 0.1) is 0 Å². The summed E-state index contributed by atoms with van der Waals surface area (Å²) in [6.07, 6.45) is 18.1. The van der Waals surface area contributed by atoms with Gasteiger partial charge in [-0.1, -0.05) is 64.7 Å². The fraction of sp³-hybridized carbons (Fsp3) is 0.600. The average Bonchev–Trinajstić information content (AvgIpc) is 3.35. The molecule has 29 heavy (non-hydrogen) atoms. The Morgan fingerprint density at radius 2 is 1.28 bits per heavy atom. The van der Waals surface area contributed by atoms with Crippen molar-refractivity contribution in [2.45, 2.75) is 71.1 Å². The standard InChI is InChI=1S/C12H25O3S.C4H3NO2.C4H4O.Na/c1-2-3-4-5-6-7-8-9-10-11-12-15-16(13)14;6-3-1-2-4(7)5-3;1-2-4-5-3-1;/h2-12H2,1H3;1-2H,(H,5,6,7);1-4H;/q-1;;;+1. The number of hydrogen-bond donors (Lipinski definition) is 1. The molecule has 2 rings (SSSR count). The zero-order valence-electron chi connectivity index (χ0n) is 17.6. The molecule has 0 radical (unpaired) electrons. The van der Waals surface area contributed by atoms with Crippen molar-refractivity contribution in [2.75, 3.05) is 6.61 Å². The molecule has 1 aliphatic rings. The van der Waals surface area contributed by atoms with E-state index < -0.39 is 11.0 Å². The number of amides is 2. The molecule has 160 valence electrons. The molecular formula is C20H32NNaO6S. The summed E-state index contributed by atoms with van der Waals surface area (Å²) in [6.45, 7) is 2.57. The number of imide groups is 1. The Hall–Kier alpha value is -0.930. The van der Waals surface area contributed by atoms with Crippen LogP contribution >= 0.6 is 0 Å². The second kappa shape index (κ2) is 23.3. The van der Waals surface area contributed by atoms with E-state index in [1.807, 2.05) is 17.4 Å². The number of rotatable bonds is 12. The van der Waals surface area contributed by atoms with Crippen molar-refractivity contribution >= 4 is 22.8 Å². The van der Waals surface area contributed by atoms with Crippen molar-refractivity contribution in [3.05, 3.63) is 36.8 Å². The first-order valence-electron chi connectivity index (χ1n) is 9.79. The Kier molecular flexibility index (Phi) is 24.4. The number of furan rings is 1. The molecule has 0 atom stereocenters. The quantitative estimate of drug-likeness (QED) is 0.231. The van der Waals surface area contributed by atoms with E-state index in [0.717, 1.165) is 12.8 Å². The summed E-state index contributed by atoms with van der Waals surface area (Å²) in [7, 11) is -2.33. The van der Waals surface area contributed by atoms with E-state index in [9.17, 15) is 18.0 Å². The van der Waals surface area contributed by atoms with Crippen molar-refractivity contribution < 1.29 is 56.2 Å². The van der Waals surface area contributed by atoms with Gasteiger partial charge in [-0.3, -0.25) is 14.9 Å². The Morgan fingerprint density at radius 3 is 1.59 bits per heavy atom. The van der Waals surface area contributed by atoms with Gasteiger partial charge in [0.2, 0.25) is 0 Å². The first-order valence-corrected chi connectivity index (χ1v) is 10.8. The van der Waals surface area contributed by atoms with Gasteiger partial charge in [0.1, 0.15) is 0 Å². The minimum Gasteiger partial charge on any atom is -0.473 e. The predicted molar refractivity (Wildman–Crippen MR) is 108 cm³/mol. The maximum absolute atomic E-state index is 10.0. The van der Waals surface area contributed by atoms with Gasteiger partial charge < -0.3 is 17.0 Å². The maximum atomic E-state index is 10.0. The fourth-order valence-corrected chi connectivity index (χ4v) is 2.55. The van der Waals surface area contributed by atoms with Crippen molar-refractivity contribution in [3.8, 4) is 0 Å². The number of carbonyl (C=O) groups is 2. The van der Waals surface area contributed by atoms with E-state index in [1.54, 1.807) is 12.5 Å². The van der Waals surface area contributed by atoms with Gasteiger partial charge in [-0.05, 0) is 18.6 Å². The molecule has 1 aromatic heterocycles. The summed E-state index contributed by atoms with van der Waals surface area (Å²) in [5, 5.41) is 2.03. The van der Waals surface area contributed by atoms with Crippen LogP contribution in [0.25, 0.3) is 0 Å². The monoisotopic (exact) mass is 437 g/mol. The van der Waals surface area contributed by atoms with E-state index in [1.165, 1.54) is 63.5 Å². The molecule has 0 bridgehead atoms. The van der Waals surface area contributed by atoms with Gasteiger partial charge >= 0.3 is 29.6 Å². The molecule has 0 saturated carbocycles. The minimum absolute atomic E-state index is 0. The Labute approximate surface area is 198 Å². The first-order chi connectivity index (χ1) is 13.6. The molecule has 1 aliphatic heterocycles. The molecule has 0 aliphatic carbocycles. The Balaban J connectivity index is 0. The summed E-state index contributed by atoms with van der Waals surface area (Å²) >= 11 is 0. The van der Waals surface area contributed by atoms with E-state index in [-0.39, 0.29) is 41.4 Å². The van der Waals surface area contributed by atoms with Gasteiger partial charge in [0.15, 0.2) is 0 Å². The zero-order valence-corrected chi connectivity index (χ0v) is 20.4. The first kappa shape index (κ1) is 30.3. The van der Waals surface area contributed by atoms with E-state index >= 15 is 0 Å². The molecule has 2 heterocycles. The smallest absolute Gasteiger partial charge is 0.473 e. The molecule has 0 spiro atoms. The van der Waals surface area contributed by atoms with E-state index in [0.29, 0.717) is 6.61 Å². The van der Waals surface area contributed by atoms with E-state index in [2.05, 4.69) is 15.5 Å². The van der Waals surface area contributed by atoms with Crippen LogP contribution < -0.4 is 34.9 Å². The average molecular weight is 438 g/mol. The van der Waals surface area contributed by atoms with Crippen LogP contribution in [0.15, 0.2) is 41.2 Å². The topological polar surface area (TPSA) is 103 Å². The number of unbranched alkanes of at least 4 members (excludes halogenated alkanes) is 9. The van der Waals surface area contributed by atoms with Crippen molar-refractivity contribution in [1.29, 1.82) is 0 Å². The largest absolute Gasteiger partial charge is 1.00 e. The third-order valence-corrected chi connectivity index (χ3v) is 4.09. The van der Waals surface area contributed by atoms with Crippen LogP contribution in [-0.4, -0.2) is 18.4 Å². The van der Waals surface area contributed by atoms with Crippen LogP contribution in [0.5, 0.6) is 0 Å². The third kappa shape index (κ3) is 25.0. The number of hydrogen-bond acceptors (Lipinski definition) is 7. The van der Waals surface area contributed by atoms with Crippen LogP contribution in [0.1, 0.15) is 71.1 Å². The summed E-state index contributed by atoms with van der Waals surface area (Å²) in [4.78, 5) is 20.1. The van der Waals surface area contributed by atoms with Crippen LogP contribution in [0.2, 0.25) is 0 Å². The van der Waals surface area contributed by atoms with Gasteiger partial charge in [-0.25, -0.2) is 0 Å². The van der Waals surface area contributed by atoms with Crippen molar-refractivity contribution in [3.63, 3.8) is 0 Å². The minimum atomic E-state index is -2.33. The van der Waals surface area contributed by atoms with Crippen LogP contribution in [0.4, 0.5) is 0 Å². The number of nitrogens with one attached hydrogen (secondary N) is 1. The summed E-state index contributed by atoms with van der Waals surface area (Å²) in [5.41, 5.74) is 0. The Bertz CT molecular complexity index is 561. The molecule has 0 saturated heterocycles. The van der Waals surface area contributed by atoms with Crippen molar-refractivity contribution in [2.24, 2.45) is 0 Å². The van der Waals surface area contributed by atoms with Gasteiger partial charge in [0, 0.05) is 18.8 Å². The summed E-state index contributed by atoms with van der Waals surface area (Å²) in [6, 6.07) is 3.67. The molecule has 1 N–H and O–H groups in total. The van der Waals surface area contributed by atoms with Gasteiger partial charge in [0.25, 0.3) is 11.8 Å². The van der Waals surface area contributed by atoms with Gasteiger partial charge in [-0.15, -0.1) is 0 Å². The summed E-state index contributed by atoms with van der Waals surface area (Å²) < 4.78 is 29.1. The summed E-state index contributed by atoms with van der Waals surface area (Å²) in [5.74, 6) is -0.657. The molecule has 2 amide bonds. The molecule has 0 fully saturated rings. The van der Waals surface area contributed by atoms with Gasteiger partial charge in [0.05, 0.1) is 23.5 Å². The van der Waals surface area contributed by atoms with Crippen LogP contribution in [0.3, 0.4) is 0 Å². The molecule has 1 aromatic rings. The zero-order chi connectivity index (χ0) is 20.9. The normalized spacial score (nSPS) is 11.8. The molecular weight excluding hydrogens is 405 g/mol. The third-order valence-electron chi connectivity index (χ3n) is 3.74. The maximum Gasteiger partial charge on any atom is 1.00 e. The van der Waals surface area contributed by atoms with Gasteiger partial charge in [-0.2, -0.15) is 0 Å². The van der Waals surface area contributed by atoms with Crippen molar-refractivity contribution in [1.82, 2.24) is 5.32 Å². The SMILES string of the molecule is CCCCCCCCCCCCO[S-](=O)=O.O=C1C=CC(=O)N1.[Na+].c1ccoc1. The molecule has 0 unspecified atom stereocenters. The van der Waals surface area contributed by atoms with Crippen LogP contribution in [-0.2, 0) is 33.2 Å². The number of carbonyl (C=O) groups excluding carboxylic acids is 2. The Morgan fingerprint density at radius 1 is 0.828 bits per heavy atom.